The van der Waals surface area contributed by atoms with E-state index in [0.29, 0.717) is 6.04 Å². The van der Waals surface area contributed by atoms with Crippen LogP contribution in [-0.4, -0.2) is 31.6 Å². The van der Waals surface area contributed by atoms with Crippen LogP contribution < -0.4 is 11.1 Å². The van der Waals surface area contributed by atoms with Crippen LogP contribution in [0.15, 0.2) is 18.2 Å². The Kier molecular flexibility index (Phi) is 4.66. The molecule has 0 saturated carbocycles. The Morgan fingerprint density at radius 3 is 2.67 bits per heavy atom. The number of nitrogens with one attached hydrogen (secondary N) is 1. The second kappa shape index (κ2) is 5.55. The fraction of sp³-hybridized carbons (Fsp3) is 0.455. The van der Waals surface area contributed by atoms with E-state index in [-0.39, 0.29) is 0 Å². The van der Waals surface area contributed by atoms with E-state index in [2.05, 4.69) is 59.9 Å². The zero-order valence-corrected chi connectivity index (χ0v) is 11.6. The molecule has 3 N–H and O–H groups in total. The maximum absolute atomic E-state index is 5.90. The minimum Gasteiger partial charge on any atom is -0.397 e. The summed E-state index contributed by atoms with van der Waals surface area (Å²) in [5.74, 6) is 0. The molecule has 0 spiro atoms. The number of hydrogen-bond donors (Lipinski definition) is 2. The van der Waals surface area contributed by atoms with E-state index in [9.17, 15) is 0 Å². The Bertz CT molecular complexity index is 326. The molecule has 0 aliphatic heterocycles. The molecule has 1 rings (SSSR count). The summed E-state index contributed by atoms with van der Waals surface area (Å²) in [5.41, 5.74) is 7.73. The van der Waals surface area contributed by atoms with Gasteiger partial charge in [-0.15, -0.1) is 0 Å². The van der Waals surface area contributed by atoms with Gasteiger partial charge in [-0.2, -0.15) is 0 Å². The lowest BCUT2D eigenvalue weighted by atomic mass is 10.2. The van der Waals surface area contributed by atoms with Crippen molar-refractivity contribution in [2.75, 3.05) is 31.7 Å². The van der Waals surface area contributed by atoms with Crippen molar-refractivity contribution in [1.82, 2.24) is 4.90 Å². The van der Waals surface area contributed by atoms with Crippen LogP contribution in [0.4, 0.5) is 11.4 Å². The first-order chi connectivity index (χ1) is 7.00. The zero-order chi connectivity index (χ0) is 11.4. The quantitative estimate of drug-likeness (QED) is 0.661. The first-order valence-electron chi connectivity index (χ1n) is 4.96. The Morgan fingerprint density at radius 2 is 2.13 bits per heavy atom. The summed E-state index contributed by atoms with van der Waals surface area (Å²) in [6.45, 7) is 3.08. The van der Waals surface area contributed by atoms with Gasteiger partial charge in [0.05, 0.1) is 11.4 Å². The molecule has 1 aromatic rings. The molecular weight excluding hydrogens is 301 g/mol. The van der Waals surface area contributed by atoms with Crippen LogP contribution >= 0.6 is 22.6 Å². The van der Waals surface area contributed by atoms with Crippen LogP contribution in [0.3, 0.4) is 0 Å². The molecule has 0 bridgehead atoms. The topological polar surface area (TPSA) is 41.3 Å². The van der Waals surface area contributed by atoms with Crippen molar-refractivity contribution in [2.24, 2.45) is 0 Å². The van der Waals surface area contributed by atoms with Crippen LogP contribution in [-0.2, 0) is 0 Å². The average Bonchev–Trinajstić information content (AvgIpc) is 2.15. The number of halogens is 1. The molecule has 0 saturated heterocycles. The van der Waals surface area contributed by atoms with Crippen LogP contribution in [0.1, 0.15) is 6.92 Å². The summed E-state index contributed by atoms with van der Waals surface area (Å²) in [4.78, 5) is 2.18. The number of likely N-dealkylation sites (N-methyl/N-ethyl adjacent to an activating group) is 1. The smallest absolute Gasteiger partial charge is 0.0575 e. The second-order valence-electron chi connectivity index (χ2n) is 3.93. The molecule has 3 nitrogen and oxygen atoms in total. The van der Waals surface area contributed by atoms with Crippen molar-refractivity contribution in [1.29, 1.82) is 0 Å². The Hall–Kier alpha value is -0.490. The summed E-state index contributed by atoms with van der Waals surface area (Å²) in [5, 5.41) is 3.35. The van der Waals surface area contributed by atoms with E-state index in [0.717, 1.165) is 21.5 Å². The van der Waals surface area contributed by atoms with Gasteiger partial charge in [-0.25, -0.2) is 0 Å². The number of rotatable bonds is 4. The molecule has 4 heteroatoms. The monoisotopic (exact) mass is 319 g/mol. The van der Waals surface area contributed by atoms with Gasteiger partial charge in [-0.1, -0.05) is 0 Å². The normalized spacial score (nSPS) is 12.9. The van der Waals surface area contributed by atoms with E-state index in [4.69, 9.17) is 5.73 Å². The molecule has 0 radical (unpaired) electrons. The summed E-state index contributed by atoms with van der Waals surface area (Å²) in [6.07, 6.45) is 0. The largest absolute Gasteiger partial charge is 0.397 e. The molecule has 1 atom stereocenters. The summed E-state index contributed by atoms with van der Waals surface area (Å²) < 4.78 is 1.16. The molecule has 1 aromatic carbocycles. The van der Waals surface area contributed by atoms with Gasteiger partial charge in [-0.3, -0.25) is 0 Å². The predicted molar refractivity (Wildman–Crippen MR) is 75.2 cm³/mol. The third-order valence-electron chi connectivity index (χ3n) is 2.48. The molecule has 0 aliphatic carbocycles. The van der Waals surface area contributed by atoms with Gasteiger partial charge in [0.1, 0.15) is 0 Å². The second-order valence-corrected chi connectivity index (χ2v) is 5.17. The molecule has 0 amide bonds. The molecular formula is C11H18IN3. The Morgan fingerprint density at radius 1 is 1.47 bits per heavy atom. The minimum atomic E-state index is 0.490. The van der Waals surface area contributed by atoms with E-state index < -0.39 is 0 Å². The van der Waals surface area contributed by atoms with Gasteiger partial charge < -0.3 is 16.0 Å². The molecule has 0 fully saturated rings. The Labute approximate surface area is 105 Å². The van der Waals surface area contributed by atoms with Crippen molar-refractivity contribution in [3.05, 3.63) is 21.8 Å². The van der Waals surface area contributed by atoms with E-state index in [1.165, 1.54) is 0 Å². The van der Waals surface area contributed by atoms with Gasteiger partial charge in [0.25, 0.3) is 0 Å². The lowest BCUT2D eigenvalue weighted by Crippen LogP contribution is -2.31. The summed E-state index contributed by atoms with van der Waals surface area (Å²) in [6, 6.07) is 6.55. The van der Waals surface area contributed by atoms with Gasteiger partial charge in [-0.05, 0) is 61.8 Å². The van der Waals surface area contributed by atoms with Gasteiger partial charge in [0.15, 0.2) is 0 Å². The van der Waals surface area contributed by atoms with E-state index >= 15 is 0 Å². The van der Waals surface area contributed by atoms with Crippen molar-refractivity contribution < 1.29 is 0 Å². The lowest BCUT2D eigenvalue weighted by molar-refractivity contribution is 0.326. The van der Waals surface area contributed by atoms with Gasteiger partial charge in [0.2, 0.25) is 0 Å². The van der Waals surface area contributed by atoms with Crippen molar-refractivity contribution in [3.63, 3.8) is 0 Å². The van der Waals surface area contributed by atoms with Crippen LogP contribution in [0, 0.1) is 3.57 Å². The molecule has 15 heavy (non-hydrogen) atoms. The van der Waals surface area contributed by atoms with Crippen LogP contribution in [0.25, 0.3) is 0 Å². The maximum atomic E-state index is 5.90. The number of nitrogens with zero attached hydrogens (tertiary/aromatic N) is 1. The lowest BCUT2D eigenvalue weighted by Gasteiger charge is -2.21. The van der Waals surface area contributed by atoms with Gasteiger partial charge >= 0.3 is 0 Å². The number of hydrogen-bond acceptors (Lipinski definition) is 3. The number of benzene rings is 1. The number of anilines is 2. The highest BCUT2D eigenvalue weighted by molar-refractivity contribution is 14.1. The third kappa shape index (κ3) is 3.87. The summed E-state index contributed by atoms with van der Waals surface area (Å²) in [7, 11) is 4.15. The van der Waals surface area contributed by atoms with Crippen LogP contribution in [0.2, 0.25) is 0 Å². The van der Waals surface area contributed by atoms with E-state index in [1.807, 2.05) is 12.1 Å². The molecule has 0 aromatic heterocycles. The van der Waals surface area contributed by atoms with Crippen LogP contribution in [0.5, 0.6) is 0 Å². The van der Waals surface area contributed by atoms with Gasteiger partial charge in [0, 0.05) is 16.2 Å². The standard InChI is InChI=1S/C11H18IN3/c1-8(15(2)3)7-14-11-5-4-9(12)6-10(11)13/h4-6,8,14H,7,13H2,1-3H3. The number of nitrogens with two attached hydrogens (primary N) is 1. The predicted octanol–water partition coefficient (Wildman–Crippen LogP) is 2.24. The van der Waals surface area contributed by atoms with E-state index in [1.54, 1.807) is 0 Å². The first-order valence-corrected chi connectivity index (χ1v) is 6.04. The third-order valence-corrected chi connectivity index (χ3v) is 3.15. The first kappa shape index (κ1) is 12.6. The Balaban J connectivity index is 2.58. The van der Waals surface area contributed by atoms with Crippen molar-refractivity contribution in [2.45, 2.75) is 13.0 Å². The molecule has 0 heterocycles. The zero-order valence-electron chi connectivity index (χ0n) is 9.42. The highest BCUT2D eigenvalue weighted by Gasteiger charge is 2.05. The fourth-order valence-electron chi connectivity index (χ4n) is 1.13. The molecule has 0 aliphatic rings. The minimum absolute atomic E-state index is 0.490. The van der Waals surface area contributed by atoms with Crippen molar-refractivity contribution >= 4 is 34.0 Å². The molecule has 84 valence electrons. The SMILES string of the molecule is CC(CNc1ccc(I)cc1N)N(C)C. The van der Waals surface area contributed by atoms with Crippen molar-refractivity contribution in [3.8, 4) is 0 Å². The number of nitrogen functional groups attached to an aromatic ring is 1. The highest BCUT2D eigenvalue weighted by atomic mass is 127. The summed E-state index contributed by atoms with van der Waals surface area (Å²) >= 11 is 2.26. The molecule has 1 unspecified atom stereocenters. The highest BCUT2D eigenvalue weighted by Crippen LogP contribution is 2.20. The fourth-order valence-corrected chi connectivity index (χ4v) is 1.65. The maximum Gasteiger partial charge on any atom is 0.0575 e. The average molecular weight is 319 g/mol.